The van der Waals surface area contributed by atoms with Crippen LogP contribution in [0.4, 0.5) is 11.4 Å². The average Bonchev–Trinajstić information content (AvgIpc) is 2.39. The van der Waals surface area contributed by atoms with E-state index in [1.165, 1.54) is 12.5 Å². The Labute approximate surface area is 113 Å². The van der Waals surface area contributed by atoms with E-state index in [1.807, 2.05) is 61.7 Å². The molecule has 0 aliphatic heterocycles. The van der Waals surface area contributed by atoms with Gasteiger partial charge in [0.15, 0.2) is 0 Å². The number of rotatable bonds is 3. The lowest BCUT2D eigenvalue weighted by atomic mass is 10.2. The number of aliphatic imine (C=N–C) groups is 1. The summed E-state index contributed by atoms with van der Waals surface area (Å²) in [7, 11) is 0. The first-order valence-electron chi connectivity index (χ1n) is 6.12. The van der Waals surface area contributed by atoms with Crippen LogP contribution in [-0.2, 0) is 4.79 Å². The van der Waals surface area contributed by atoms with Crippen LogP contribution in [0.2, 0.25) is 0 Å². The Morgan fingerprint density at radius 3 is 2.26 bits per heavy atom. The van der Waals surface area contributed by atoms with Crippen LogP contribution in [0.5, 0.6) is 0 Å². The van der Waals surface area contributed by atoms with Gasteiger partial charge in [-0.15, -0.1) is 0 Å². The van der Waals surface area contributed by atoms with Crippen LogP contribution < -0.4 is 5.32 Å². The summed E-state index contributed by atoms with van der Waals surface area (Å²) in [5.74, 6) is -0.0685. The number of nitrogens with zero attached hydrogens (tertiary/aromatic N) is 1. The summed E-state index contributed by atoms with van der Waals surface area (Å²) in [6.07, 6.45) is 1.81. The number of aryl methyl sites for hydroxylation is 1. The molecule has 0 fully saturated rings. The summed E-state index contributed by atoms with van der Waals surface area (Å²) >= 11 is 0. The maximum atomic E-state index is 10.9. The highest BCUT2D eigenvalue weighted by Gasteiger charge is 1.95. The minimum absolute atomic E-state index is 0.0685. The van der Waals surface area contributed by atoms with Crippen LogP contribution in [0.25, 0.3) is 0 Å². The molecule has 1 amide bonds. The van der Waals surface area contributed by atoms with Gasteiger partial charge in [-0.3, -0.25) is 9.79 Å². The molecule has 0 saturated carbocycles. The molecule has 0 aliphatic rings. The maximum Gasteiger partial charge on any atom is 0.221 e. The molecule has 19 heavy (non-hydrogen) atoms. The maximum absolute atomic E-state index is 10.9. The zero-order valence-corrected chi connectivity index (χ0v) is 11.1. The summed E-state index contributed by atoms with van der Waals surface area (Å²) in [6.45, 7) is 3.54. The van der Waals surface area contributed by atoms with Gasteiger partial charge >= 0.3 is 0 Å². The highest BCUT2D eigenvalue weighted by molar-refractivity contribution is 5.89. The fourth-order valence-corrected chi connectivity index (χ4v) is 1.64. The van der Waals surface area contributed by atoms with E-state index >= 15 is 0 Å². The van der Waals surface area contributed by atoms with Crippen LogP contribution in [0.1, 0.15) is 18.1 Å². The van der Waals surface area contributed by atoms with Gasteiger partial charge in [-0.25, -0.2) is 0 Å². The average molecular weight is 252 g/mol. The molecule has 0 atom stereocenters. The standard InChI is InChI=1S/C16H16N2O/c1-12-3-7-15(8-4-12)17-11-14-5-9-16(10-6-14)18-13(2)19/h3-11H,1-2H3,(H,18,19). The zero-order valence-electron chi connectivity index (χ0n) is 11.1. The molecule has 0 radical (unpaired) electrons. The van der Waals surface area contributed by atoms with Crippen LogP contribution >= 0.6 is 0 Å². The van der Waals surface area contributed by atoms with E-state index in [0.29, 0.717) is 0 Å². The van der Waals surface area contributed by atoms with E-state index in [1.54, 1.807) is 0 Å². The number of carbonyl (C=O) groups excluding carboxylic acids is 1. The van der Waals surface area contributed by atoms with E-state index in [9.17, 15) is 4.79 Å². The Morgan fingerprint density at radius 2 is 1.68 bits per heavy atom. The zero-order chi connectivity index (χ0) is 13.7. The first-order chi connectivity index (χ1) is 9.13. The van der Waals surface area contributed by atoms with E-state index in [2.05, 4.69) is 10.3 Å². The van der Waals surface area contributed by atoms with Crippen molar-refractivity contribution >= 4 is 23.5 Å². The normalized spacial score (nSPS) is 10.6. The third kappa shape index (κ3) is 4.07. The molecule has 0 spiro atoms. The molecule has 96 valence electrons. The summed E-state index contributed by atoms with van der Waals surface area (Å²) in [5, 5.41) is 2.73. The summed E-state index contributed by atoms with van der Waals surface area (Å²) in [4.78, 5) is 15.3. The van der Waals surface area contributed by atoms with Gasteiger partial charge in [-0.2, -0.15) is 0 Å². The Morgan fingerprint density at radius 1 is 1.05 bits per heavy atom. The second-order valence-corrected chi connectivity index (χ2v) is 4.40. The second kappa shape index (κ2) is 5.96. The first-order valence-corrected chi connectivity index (χ1v) is 6.12. The van der Waals surface area contributed by atoms with E-state index in [4.69, 9.17) is 0 Å². The quantitative estimate of drug-likeness (QED) is 0.831. The van der Waals surface area contributed by atoms with Crippen molar-refractivity contribution in [2.24, 2.45) is 4.99 Å². The Hall–Kier alpha value is -2.42. The van der Waals surface area contributed by atoms with Gasteiger partial charge in [0, 0.05) is 18.8 Å². The smallest absolute Gasteiger partial charge is 0.221 e. The number of anilines is 1. The van der Waals surface area contributed by atoms with Gasteiger partial charge in [0.25, 0.3) is 0 Å². The first kappa shape index (κ1) is 13.0. The molecule has 0 heterocycles. The van der Waals surface area contributed by atoms with Crippen molar-refractivity contribution in [3.8, 4) is 0 Å². The fourth-order valence-electron chi connectivity index (χ4n) is 1.64. The van der Waals surface area contributed by atoms with Crippen molar-refractivity contribution in [3.05, 3.63) is 59.7 Å². The van der Waals surface area contributed by atoms with Crippen LogP contribution in [0.3, 0.4) is 0 Å². The van der Waals surface area contributed by atoms with E-state index in [-0.39, 0.29) is 5.91 Å². The third-order valence-corrected chi connectivity index (χ3v) is 2.63. The van der Waals surface area contributed by atoms with Crippen molar-refractivity contribution < 1.29 is 4.79 Å². The van der Waals surface area contributed by atoms with Crippen molar-refractivity contribution in [2.75, 3.05) is 5.32 Å². The molecular weight excluding hydrogens is 236 g/mol. The molecule has 0 bridgehead atoms. The molecule has 3 heteroatoms. The summed E-state index contributed by atoms with van der Waals surface area (Å²) in [6, 6.07) is 15.6. The van der Waals surface area contributed by atoms with Crippen molar-refractivity contribution in [2.45, 2.75) is 13.8 Å². The predicted molar refractivity (Wildman–Crippen MR) is 79.2 cm³/mol. The number of hydrogen-bond donors (Lipinski definition) is 1. The van der Waals surface area contributed by atoms with Crippen LogP contribution in [0, 0.1) is 6.92 Å². The van der Waals surface area contributed by atoms with Gasteiger partial charge in [0.05, 0.1) is 5.69 Å². The van der Waals surface area contributed by atoms with Crippen LogP contribution in [-0.4, -0.2) is 12.1 Å². The fraction of sp³-hybridized carbons (Fsp3) is 0.125. The van der Waals surface area contributed by atoms with Crippen molar-refractivity contribution in [3.63, 3.8) is 0 Å². The molecule has 2 aromatic carbocycles. The molecule has 0 aliphatic carbocycles. The second-order valence-electron chi connectivity index (χ2n) is 4.40. The monoisotopic (exact) mass is 252 g/mol. The largest absolute Gasteiger partial charge is 0.326 e. The lowest BCUT2D eigenvalue weighted by molar-refractivity contribution is -0.114. The van der Waals surface area contributed by atoms with Crippen LogP contribution in [0.15, 0.2) is 53.5 Å². The summed E-state index contributed by atoms with van der Waals surface area (Å²) < 4.78 is 0. The molecule has 3 nitrogen and oxygen atoms in total. The number of carbonyl (C=O) groups is 1. The summed E-state index contributed by atoms with van der Waals surface area (Å²) in [5.41, 5.74) is 3.94. The SMILES string of the molecule is CC(=O)Nc1ccc(C=Nc2ccc(C)cc2)cc1. The molecule has 0 aromatic heterocycles. The molecule has 2 rings (SSSR count). The van der Waals surface area contributed by atoms with Gasteiger partial charge < -0.3 is 5.32 Å². The number of hydrogen-bond acceptors (Lipinski definition) is 2. The number of amides is 1. The third-order valence-electron chi connectivity index (χ3n) is 2.63. The predicted octanol–water partition coefficient (Wildman–Crippen LogP) is 3.70. The lowest BCUT2D eigenvalue weighted by Gasteiger charge is -2.01. The van der Waals surface area contributed by atoms with E-state index < -0.39 is 0 Å². The molecule has 0 saturated heterocycles. The van der Waals surface area contributed by atoms with Gasteiger partial charge in [0.2, 0.25) is 5.91 Å². The van der Waals surface area contributed by atoms with Gasteiger partial charge in [0.1, 0.15) is 0 Å². The van der Waals surface area contributed by atoms with Crippen molar-refractivity contribution in [1.29, 1.82) is 0 Å². The number of nitrogens with one attached hydrogen (secondary N) is 1. The topological polar surface area (TPSA) is 41.5 Å². The van der Waals surface area contributed by atoms with Gasteiger partial charge in [-0.05, 0) is 36.8 Å². The highest BCUT2D eigenvalue weighted by atomic mass is 16.1. The molecular formula is C16H16N2O. The minimum atomic E-state index is -0.0685. The van der Waals surface area contributed by atoms with Gasteiger partial charge in [-0.1, -0.05) is 29.8 Å². The van der Waals surface area contributed by atoms with Crippen molar-refractivity contribution in [1.82, 2.24) is 0 Å². The van der Waals surface area contributed by atoms with E-state index in [0.717, 1.165) is 16.9 Å². The molecule has 0 unspecified atom stereocenters. The Balaban J connectivity index is 2.06. The highest BCUT2D eigenvalue weighted by Crippen LogP contribution is 2.13. The Bertz CT molecular complexity index is 583. The lowest BCUT2D eigenvalue weighted by Crippen LogP contribution is -2.05. The Kier molecular flexibility index (Phi) is 4.08. The minimum Gasteiger partial charge on any atom is -0.326 e. The number of benzene rings is 2. The molecule has 2 aromatic rings. The molecule has 1 N–H and O–H groups in total.